The topological polar surface area (TPSA) is 49.8 Å². The van der Waals surface area contributed by atoms with Gasteiger partial charge in [-0.15, -0.1) is 0 Å². The first-order valence-corrected chi connectivity index (χ1v) is 10.6. The van der Waals surface area contributed by atoms with Crippen molar-refractivity contribution in [2.24, 2.45) is 0 Å². The summed E-state index contributed by atoms with van der Waals surface area (Å²) in [5.41, 5.74) is 7.48. The Labute approximate surface area is 187 Å². The number of hydrogen-bond donors (Lipinski definition) is 1. The highest BCUT2D eigenvalue weighted by Gasteiger charge is 2.30. The van der Waals surface area contributed by atoms with Crippen molar-refractivity contribution in [2.45, 2.75) is 26.0 Å². The molecule has 0 radical (unpaired) electrons. The Hall–Kier alpha value is -3.44. The molecule has 4 nitrogen and oxygen atoms in total. The van der Waals surface area contributed by atoms with E-state index in [0.29, 0.717) is 6.61 Å². The first kappa shape index (κ1) is 21.8. The van der Waals surface area contributed by atoms with Crippen LogP contribution in [-0.4, -0.2) is 24.7 Å². The normalized spacial score (nSPS) is 15.7. The lowest BCUT2D eigenvalue weighted by Crippen LogP contribution is -2.36. The van der Waals surface area contributed by atoms with Gasteiger partial charge in [0, 0.05) is 25.4 Å². The molecule has 3 aromatic rings. The molecule has 3 aromatic carbocycles. The summed E-state index contributed by atoms with van der Waals surface area (Å²) in [6, 6.07) is 19.3. The number of halogens is 1. The van der Waals surface area contributed by atoms with E-state index < -0.39 is 5.97 Å². The fraction of sp³-hybridized carbons (Fsp3) is 0.222. The molecule has 0 amide bonds. The summed E-state index contributed by atoms with van der Waals surface area (Å²) in [5.74, 6) is -1.21. The quantitative estimate of drug-likeness (QED) is 0.522. The Bertz CT molecular complexity index is 1150. The highest BCUT2D eigenvalue weighted by molar-refractivity contribution is 5.85. The Balaban J connectivity index is 1.78. The molecule has 0 spiro atoms. The molecule has 1 N–H and O–H groups in total. The van der Waals surface area contributed by atoms with Gasteiger partial charge in [-0.2, -0.15) is 0 Å². The number of rotatable bonds is 6. The standard InChI is InChI=1S/C27H26FNO3/c1-18-15-23(28)9-11-25(18)29-14-13-22-16-20(17-32-2)5-10-24(22)27(29)21-7-3-19(4-8-21)6-12-26(30)31/h3-12,15-16,27H,13-14,17H2,1-2H3,(H,30,31). The number of hydrogen-bond acceptors (Lipinski definition) is 3. The van der Waals surface area contributed by atoms with Crippen LogP contribution in [0.4, 0.5) is 10.1 Å². The lowest BCUT2D eigenvalue weighted by atomic mass is 9.86. The number of methoxy groups -OCH3 is 1. The summed E-state index contributed by atoms with van der Waals surface area (Å²) in [7, 11) is 1.70. The van der Waals surface area contributed by atoms with Crippen molar-refractivity contribution in [3.8, 4) is 0 Å². The lowest BCUT2D eigenvalue weighted by Gasteiger charge is -2.40. The number of fused-ring (bicyclic) bond motifs is 1. The number of carboxylic acids is 1. The van der Waals surface area contributed by atoms with Crippen LogP contribution in [-0.2, 0) is 22.6 Å². The molecular formula is C27H26FNO3. The fourth-order valence-electron chi connectivity index (χ4n) is 4.45. The maximum absolute atomic E-state index is 13.8. The number of benzene rings is 3. The predicted octanol–water partition coefficient (Wildman–Crippen LogP) is 5.53. The maximum atomic E-state index is 13.8. The van der Waals surface area contributed by atoms with Crippen LogP contribution >= 0.6 is 0 Å². The van der Waals surface area contributed by atoms with E-state index in [9.17, 15) is 9.18 Å². The van der Waals surface area contributed by atoms with Gasteiger partial charge in [0.2, 0.25) is 0 Å². The Morgan fingerprint density at radius 3 is 2.62 bits per heavy atom. The zero-order valence-electron chi connectivity index (χ0n) is 18.2. The largest absolute Gasteiger partial charge is 0.478 e. The molecule has 4 rings (SSSR count). The molecule has 0 bridgehead atoms. The van der Waals surface area contributed by atoms with Crippen LogP contribution < -0.4 is 4.90 Å². The molecular weight excluding hydrogens is 405 g/mol. The van der Waals surface area contributed by atoms with Crippen molar-refractivity contribution >= 4 is 17.7 Å². The SMILES string of the molecule is COCc1ccc2c(c1)CCN(c1ccc(F)cc1C)C2c1ccc(C=CC(=O)O)cc1. The zero-order chi connectivity index (χ0) is 22.7. The maximum Gasteiger partial charge on any atom is 0.328 e. The molecule has 0 saturated heterocycles. The summed E-state index contributed by atoms with van der Waals surface area (Å²) < 4.78 is 19.1. The Kier molecular flexibility index (Phi) is 6.37. The molecule has 1 aliphatic rings. The molecule has 0 fully saturated rings. The zero-order valence-corrected chi connectivity index (χ0v) is 18.2. The average molecular weight is 432 g/mol. The Morgan fingerprint density at radius 2 is 1.94 bits per heavy atom. The summed E-state index contributed by atoms with van der Waals surface area (Å²) in [4.78, 5) is 13.2. The van der Waals surface area contributed by atoms with Gasteiger partial charge in [0.25, 0.3) is 0 Å². The van der Waals surface area contributed by atoms with E-state index in [-0.39, 0.29) is 11.9 Å². The molecule has 5 heteroatoms. The van der Waals surface area contributed by atoms with Gasteiger partial charge in [-0.3, -0.25) is 0 Å². The van der Waals surface area contributed by atoms with Crippen molar-refractivity contribution in [3.63, 3.8) is 0 Å². The second kappa shape index (κ2) is 9.37. The number of anilines is 1. The first-order valence-electron chi connectivity index (χ1n) is 10.6. The van der Waals surface area contributed by atoms with E-state index >= 15 is 0 Å². The van der Waals surface area contributed by atoms with Gasteiger partial charge < -0.3 is 14.7 Å². The van der Waals surface area contributed by atoms with Crippen LogP contribution in [0.5, 0.6) is 0 Å². The number of carbonyl (C=O) groups is 1. The van der Waals surface area contributed by atoms with Gasteiger partial charge in [-0.05, 0) is 71.0 Å². The number of aliphatic carboxylic acids is 1. The minimum Gasteiger partial charge on any atom is -0.478 e. The highest BCUT2D eigenvalue weighted by atomic mass is 19.1. The third-order valence-corrected chi connectivity index (χ3v) is 5.89. The number of ether oxygens (including phenoxy) is 1. The molecule has 1 unspecified atom stereocenters. The van der Waals surface area contributed by atoms with E-state index in [2.05, 4.69) is 23.1 Å². The van der Waals surface area contributed by atoms with Crippen molar-refractivity contribution < 1.29 is 19.0 Å². The number of aryl methyl sites for hydroxylation is 1. The van der Waals surface area contributed by atoms with E-state index in [4.69, 9.17) is 9.84 Å². The van der Waals surface area contributed by atoms with Crippen molar-refractivity contribution in [1.29, 1.82) is 0 Å². The smallest absolute Gasteiger partial charge is 0.328 e. The van der Waals surface area contributed by atoms with Gasteiger partial charge in [-0.1, -0.05) is 42.5 Å². The number of carboxylic acid groups (broad SMARTS) is 1. The molecule has 1 atom stereocenters. The number of nitrogens with zero attached hydrogens (tertiary/aromatic N) is 1. The highest BCUT2D eigenvalue weighted by Crippen LogP contribution is 2.40. The monoisotopic (exact) mass is 431 g/mol. The second-order valence-electron chi connectivity index (χ2n) is 8.08. The minimum absolute atomic E-state index is 0.0305. The van der Waals surface area contributed by atoms with Crippen LogP contribution in [0.3, 0.4) is 0 Å². The Morgan fingerprint density at radius 1 is 1.16 bits per heavy atom. The first-order chi connectivity index (χ1) is 15.5. The van der Waals surface area contributed by atoms with Crippen molar-refractivity contribution in [2.75, 3.05) is 18.6 Å². The van der Waals surface area contributed by atoms with Crippen LogP contribution in [0, 0.1) is 12.7 Å². The third-order valence-electron chi connectivity index (χ3n) is 5.89. The van der Waals surface area contributed by atoms with Crippen molar-refractivity contribution in [1.82, 2.24) is 0 Å². The summed E-state index contributed by atoms with van der Waals surface area (Å²) in [5, 5.41) is 8.88. The summed E-state index contributed by atoms with van der Waals surface area (Å²) in [6.45, 7) is 3.32. The van der Waals surface area contributed by atoms with Crippen LogP contribution in [0.25, 0.3) is 6.08 Å². The van der Waals surface area contributed by atoms with Gasteiger partial charge in [0.05, 0.1) is 12.6 Å². The lowest BCUT2D eigenvalue weighted by molar-refractivity contribution is -0.131. The molecule has 0 aliphatic carbocycles. The van der Waals surface area contributed by atoms with Gasteiger partial charge in [0.15, 0.2) is 0 Å². The second-order valence-corrected chi connectivity index (χ2v) is 8.08. The minimum atomic E-state index is -0.972. The van der Waals surface area contributed by atoms with Gasteiger partial charge in [-0.25, -0.2) is 9.18 Å². The van der Waals surface area contributed by atoms with Crippen LogP contribution in [0.1, 0.15) is 39.4 Å². The molecule has 0 aromatic heterocycles. The molecule has 32 heavy (non-hydrogen) atoms. The van der Waals surface area contributed by atoms with Crippen LogP contribution in [0.2, 0.25) is 0 Å². The predicted molar refractivity (Wildman–Crippen MR) is 124 cm³/mol. The molecule has 0 saturated carbocycles. The van der Waals surface area contributed by atoms with Gasteiger partial charge in [0.1, 0.15) is 5.82 Å². The molecule has 1 aliphatic heterocycles. The summed E-state index contributed by atoms with van der Waals surface area (Å²) in [6.07, 6.45) is 3.61. The molecule has 164 valence electrons. The van der Waals surface area contributed by atoms with E-state index in [0.717, 1.165) is 47.0 Å². The fourth-order valence-corrected chi connectivity index (χ4v) is 4.45. The third kappa shape index (κ3) is 4.58. The van der Waals surface area contributed by atoms with E-state index in [1.807, 2.05) is 37.3 Å². The summed E-state index contributed by atoms with van der Waals surface area (Å²) >= 11 is 0. The van der Waals surface area contributed by atoms with Gasteiger partial charge >= 0.3 is 5.97 Å². The van der Waals surface area contributed by atoms with Crippen LogP contribution in [0.15, 0.2) is 66.7 Å². The van der Waals surface area contributed by atoms with E-state index in [1.54, 1.807) is 19.3 Å². The van der Waals surface area contributed by atoms with E-state index in [1.165, 1.54) is 17.2 Å². The van der Waals surface area contributed by atoms with Crippen molar-refractivity contribution in [3.05, 3.63) is 106 Å². The average Bonchev–Trinajstić information content (AvgIpc) is 2.78. The molecule has 1 heterocycles.